The van der Waals surface area contributed by atoms with Crippen LogP contribution in [0.2, 0.25) is 0 Å². The molecular weight excluding hydrogens is 340 g/mol. The predicted octanol–water partition coefficient (Wildman–Crippen LogP) is 1.96. The Morgan fingerprint density at radius 3 is 2.62 bits per heavy atom. The molecule has 2 aromatic rings. The van der Waals surface area contributed by atoms with Gasteiger partial charge in [-0.2, -0.15) is 0 Å². The van der Waals surface area contributed by atoms with Gasteiger partial charge in [0.15, 0.2) is 0 Å². The van der Waals surface area contributed by atoms with E-state index in [1.165, 1.54) is 26.6 Å². The molecule has 134 valence electrons. The SMILES string of the molecule is COc1ccc(OC)c(/C=C2\C(=O)NC(=O)N(Cc3ccco3)C2=O)c1. The zero-order valence-electron chi connectivity index (χ0n) is 14.1. The van der Waals surface area contributed by atoms with Gasteiger partial charge in [-0.3, -0.25) is 19.8 Å². The van der Waals surface area contributed by atoms with E-state index in [2.05, 4.69) is 5.32 Å². The van der Waals surface area contributed by atoms with Crippen LogP contribution in [-0.2, 0) is 16.1 Å². The number of ether oxygens (including phenoxy) is 2. The van der Waals surface area contributed by atoms with E-state index < -0.39 is 17.8 Å². The number of nitrogens with one attached hydrogen (secondary N) is 1. The number of hydrogen-bond donors (Lipinski definition) is 1. The molecule has 0 unspecified atom stereocenters. The number of imide groups is 2. The van der Waals surface area contributed by atoms with Gasteiger partial charge in [0.2, 0.25) is 0 Å². The maximum absolute atomic E-state index is 12.7. The highest BCUT2D eigenvalue weighted by molar-refractivity contribution is 6.31. The Morgan fingerprint density at radius 2 is 1.96 bits per heavy atom. The van der Waals surface area contributed by atoms with Crippen molar-refractivity contribution in [3.8, 4) is 11.5 Å². The molecule has 4 amide bonds. The van der Waals surface area contributed by atoms with Crippen molar-refractivity contribution >= 4 is 23.9 Å². The minimum atomic E-state index is -0.800. The van der Waals surface area contributed by atoms with E-state index in [1.54, 1.807) is 30.3 Å². The molecule has 1 N–H and O–H groups in total. The molecule has 0 aliphatic carbocycles. The Kier molecular flexibility index (Phi) is 4.74. The minimum absolute atomic E-state index is 0.0858. The van der Waals surface area contributed by atoms with Gasteiger partial charge in [-0.15, -0.1) is 0 Å². The summed E-state index contributed by atoms with van der Waals surface area (Å²) in [5.74, 6) is -0.0973. The lowest BCUT2D eigenvalue weighted by Gasteiger charge is -2.25. The number of barbiturate groups is 1. The van der Waals surface area contributed by atoms with E-state index in [4.69, 9.17) is 13.9 Å². The van der Waals surface area contributed by atoms with Crippen molar-refractivity contribution in [2.75, 3.05) is 14.2 Å². The zero-order valence-corrected chi connectivity index (χ0v) is 14.1. The van der Waals surface area contributed by atoms with E-state index in [0.717, 1.165) is 4.90 Å². The van der Waals surface area contributed by atoms with Gasteiger partial charge in [-0.1, -0.05) is 0 Å². The number of nitrogens with zero attached hydrogens (tertiary/aromatic N) is 1. The summed E-state index contributed by atoms with van der Waals surface area (Å²) >= 11 is 0. The Hall–Kier alpha value is -3.55. The molecule has 8 nitrogen and oxygen atoms in total. The molecule has 1 aliphatic heterocycles. The van der Waals surface area contributed by atoms with Crippen LogP contribution in [0, 0.1) is 0 Å². The molecule has 2 heterocycles. The average Bonchev–Trinajstić information content (AvgIpc) is 3.15. The van der Waals surface area contributed by atoms with Gasteiger partial charge in [0.05, 0.1) is 27.0 Å². The number of urea groups is 1. The number of amides is 4. The summed E-state index contributed by atoms with van der Waals surface area (Å²) in [6.45, 7) is -0.0858. The number of furan rings is 1. The number of carbonyl (C=O) groups excluding carboxylic acids is 3. The zero-order chi connectivity index (χ0) is 18.7. The highest BCUT2D eigenvalue weighted by Gasteiger charge is 2.36. The molecule has 0 bridgehead atoms. The topological polar surface area (TPSA) is 98.1 Å². The fraction of sp³-hybridized carbons (Fsp3) is 0.167. The largest absolute Gasteiger partial charge is 0.497 e. The van der Waals surface area contributed by atoms with Crippen molar-refractivity contribution in [3.63, 3.8) is 0 Å². The van der Waals surface area contributed by atoms with Crippen LogP contribution in [0.5, 0.6) is 11.5 Å². The van der Waals surface area contributed by atoms with Crippen molar-refractivity contribution in [2.24, 2.45) is 0 Å². The van der Waals surface area contributed by atoms with Crippen LogP contribution < -0.4 is 14.8 Å². The molecule has 0 saturated carbocycles. The maximum atomic E-state index is 12.7. The maximum Gasteiger partial charge on any atom is 0.331 e. The number of methoxy groups -OCH3 is 2. The lowest BCUT2D eigenvalue weighted by atomic mass is 10.1. The van der Waals surface area contributed by atoms with Crippen LogP contribution in [0.25, 0.3) is 6.08 Å². The van der Waals surface area contributed by atoms with Gasteiger partial charge < -0.3 is 13.9 Å². The third-order valence-electron chi connectivity index (χ3n) is 3.82. The highest BCUT2D eigenvalue weighted by atomic mass is 16.5. The fourth-order valence-corrected chi connectivity index (χ4v) is 2.50. The molecule has 1 aliphatic rings. The first-order valence-corrected chi connectivity index (χ1v) is 7.66. The predicted molar refractivity (Wildman–Crippen MR) is 90.3 cm³/mol. The van der Waals surface area contributed by atoms with Crippen LogP contribution in [0.15, 0.2) is 46.6 Å². The summed E-state index contributed by atoms with van der Waals surface area (Å²) in [5, 5.41) is 2.15. The Balaban J connectivity index is 1.97. The number of rotatable bonds is 5. The summed E-state index contributed by atoms with van der Waals surface area (Å²) < 4.78 is 15.6. The summed E-state index contributed by atoms with van der Waals surface area (Å²) in [5.41, 5.74) is 0.278. The van der Waals surface area contributed by atoms with Gasteiger partial charge in [-0.05, 0) is 36.4 Å². The summed E-state index contributed by atoms with van der Waals surface area (Å²) in [7, 11) is 2.97. The minimum Gasteiger partial charge on any atom is -0.497 e. The van der Waals surface area contributed by atoms with Crippen molar-refractivity contribution in [3.05, 3.63) is 53.5 Å². The molecule has 1 saturated heterocycles. The van der Waals surface area contributed by atoms with Gasteiger partial charge >= 0.3 is 6.03 Å². The van der Waals surface area contributed by atoms with Gasteiger partial charge in [0.1, 0.15) is 22.8 Å². The van der Waals surface area contributed by atoms with Crippen molar-refractivity contribution in [1.82, 2.24) is 10.2 Å². The van der Waals surface area contributed by atoms with E-state index in [-0.39, 0.29) is 12.1 Å². The fourth-order valence-electron chi connectivity index (χ4n) is 2.50. The third-order valence-corrected chi connectivity index (χ3v) is 3.82. The molecular formula is C18H16N2O6. The van der Waals surface area contributed by atoms with E-state index >= 15 is 0 Å². The number of carbonyl (C=O) groups is 3. The molecule has 1 aromatic carbocycles. The standard InChI is InChI=1S/C18H16N2O6/c1-24-12-5-6-15(25-2)11(8-12)9-14-16(21)19-18(23)20(17(14)22)10-13-4-3-7-26-13/h3-9H,10H2,1-2H3,(H,19,21,23)/b14-9+. The Morgan fingerprint density at radius 1 is 1.15 bits per heavy atom. The second-order valence-corrected chi connectivity index (χ2v) is 5.40. The van der Waals surface area contributed by atoms with Crippen LogP contribution in [0.1, 0.15) is 11.3 Å². The van der Waals surface area contributed by atoms with Crippen LogP contribution in [0.4, 0.5) is 4.79 Å². The van der Waals surface area contributed by atoms with Gasteiger partial charge in [-0.25, -0.2) is 4.79 Å². The summed E-state index contributed by atoms with van der Waals surface area (Å²) in [4.78, 5) is 37.8. The van der Waals surface area contributed by atoms with E-state index in [1.807, 2.05) is 0 Å². The summed E-state index contributed by atoms with van der Waals surface area (Å²) in [6.07, 6.45) is 2.80. The quantitative estimate of drug-likeness (QED) is 0.650. The molecule has 0 atom stereocenters. The highest BCUT2D eigenvalue weighted by Crippen LogP contribution is 2.27. The summed E-state index contributed by atoms with van der Waals surface area (Å²) in [6, 6.07) is 7.44. The Bertz CT molecular complexity index is 885. The van der Waals surface area contributed by atoms with Gasteiger partial charge in [0, 0.05) is 5.56 Å². The smallest absolute Gasteiger partial charge is 0.331 e. The second-order valence-electron chi connectivity index (χ2n) is 5.40. The van der Waals surface area contributed by atoms with E-state index in [0.29, 0.717) is 22.8 Å². The van der Waals surface area contributed by atoms with Crippen molar-refractivity contribution in [2.45, 2.75) is 6.54 Å². The molecule has 26 heavy (non-hydrogen) atoms. The monoisotopic (exact) mass is 356 g/mol. The lowest BCUT2D eigenvalue weighted by Crippen LogP contribution is -2.53. The number of benzene rings is 1. The molecule has 1 fully saturated rings. The molecule has 3 rings (SSSR count). The normalized spacial score (nSPS) is 16.0. The first kappa shape index (κ1) is 17.3. The molecule has 1 aromatic heterocycles. The third kappa shape index (κ3) is 3.30. The average molecular weight is 356 g/mol. The van der Waals surface area contributed by atoms with Gasteiger partial charge in [0.25, 0.3) is 11.8 Å². The lowest BCUT2D eigenvalue weighted by molar-refractivity contribution is -0.130. The van der Waals surface area contributed by atoms with E-state index in [9.17, 15) is 14.4 Å². The first-order valence-electron chi connectivity index (χ1n) is 7.66. The first-order chi connectivity index (χ1) is 12.5. The van der Waals surface area contributed by atoms with Crippen LogP contribution in [0.3, 0.4) is 0 Å². The molecule has 8 heteroatoms. The van der Waals surface area contributed by atoms with Crippen molar-refractivity contribution < 1.29 is 28.3 Å². The Labute approximate surface area is 149 Å². The second kappa shape index (κ2) is 7.14. The van der Waals surface area contributed by atoms with Crippen LogP contribution in [-0.4, -0.2) is 37.0 Å². The van der Waals surface area contributed by atoms with Crippen molar-refractivity contribution in [1.29, 1.82) is 0 Å². The van der Waals surface area contributed by atoms with Crippen LogP contribution >= 0.6 is 0 Å². The number of hydrogen-bond acceptors (Lipinski definition) is 6. The molecule has 0 radical (unpaired) electrons. The molecule has 0 spiro atoms.